The fraction of sp³-hybridized carbons (Fsp3) is 0. The van der Waals surface area contributed by atoms with Crippen molar-refractivity contribution < 1.29 is 14.4 Å². The fourth-order valence-electron chi connectivity index (χ4n) is 2.97. The molecule has 0 heterocycles. The molecule has 3 nitrogen and oxygen atoms in total. The van der Waals surface area contributed by atoms with Gasteiger partial charge in [0.1, 0.15) is 0 Å². The zero-order chi connectivity index (χ0) is 15.3. The molecule has 0 amide bonds. The number of carbonyl (C=O) groups is 3. The van der Waals surface area contributed by atoms with Gasteiger partial charge in [0.25, 0.3) is 0 Å². The van der Waals surface area contributed by atoms with Crippen molar-refractivity contribution in [3.8, 4) is 0 Å². The zero-order valence-corrected chi connectivity index (χ0v) is 11.5. The van der Waals surface area contributed by atoms with E-state index in [0.717, 1.165) is 5.39 Å². The van der Waals surface area contributed by atoms with Crippen molar-refractivity contribution in [3.05, 3.63) is 82.9 Å². The van der Waals surface area contributed by atoms with Crippen molar-refractivity contribution in [2.75, 3.05) is 0 Å². The van der Waals surface area contributed by atoms with Crippen LogP contribution >= 0.6 is 0 Å². The molecular weight excluding hydrogens is 276 g/mol. The summed E-state index contributed by atoms with van der Waals surface area (Å²) in [4.78, 5) is 37.1. The Morgan fingerprint density at radius 3 is 2.27 bits per heavy atom. The first-order valence-electron chi connectivity index (χ1n) is 6.93. The third-order valence-electron chi connectivity index (χ3n) is 4.00. The van der Waals surface area contributed by atoms with E-state index in [2.05, 4.69) is 0 Å². The van der Waals surface area contributed by atoms with Gasteiger partial charge in [0, 0.05) is 27.6 Å². The maximum Gasteiger partial charge on any atom is 0.234 e. The number of rotatable bonds is 2. The summed E-state index contributed by atoms with van der Waals surface area (Å²) in [7, 11) is 0. The summed E-state index contributed by atoms with van der Waals surface area (Å²) in [5.74, 6) is -1.37. The van der Waals surface area contributed by atoms with Gasteiger partial charge in [0.15, 0.2) is 5.78 Å². The largest absolute Gasteiger partial charge is 0.289 e. The minimum atomic E-state index is -0.592. The van der Waals surface area contributed by atoms with Crippen LogP contribution in [0.1, 0.15) is 36.6 Å². The molecule has 1 aliphatic rings. The molecule has 3 heteroatoms. The van der Waals surface area contributed by atoms with E-state index in [-0.39, 0.29) is 11.3 Å². The van der Waals surface area contributed by atoms with Gasteiger partial charge in [-0.05, 0) is 11.5 Å². The number of ketones is 3. The summed E-state index contributed by atoms with van der Waals surface area (Å²) in [6.07, 6.45) is 0. The first-order valence-corrected chi connectivity index (χ1v) is 6.93. The Morgan fingerprint density at radius 2 is 1.50 bits per heavy atom. The minimum Gasteiger partial charge on any atom is -0.289 e. The Labute approximate surface area is 126 Å². The van der Waals surface area contributed by atoms with Gasteiger partial charge in [-0.25, -0.2) is 0 Å². The number of carbonyl (C=O) groups excluding carboxylic acids is 3. The molecule has 3 aromatic rings. The Morgan fingerprint density at radius 1 is 0.727 bits per heavy atom. The fourth-order valence-corrected chi connectivity index (χ4v) is 2.97. The lowest BCUT2D eigenvalue weighted by Crippen LogP contribution is -2.12. The van der Waals surface area contributed by atoms with Crippen molar-refractivity contribution in [2.45, 2.75) is 0 Å². The van der Waals surface area contributed by atoms with Crippen LogP contribution in [0.2, 0.25) is 0 Å². The molecule has 1 aliphatic carbocycles. The Hall–Kier alpha value is -3.07. The third-order valence-corrected chi connectivity index (χ3v) is 4.00. The highest BCUT2D eigenvalue weighted by atomic mass is 16.2. The molecule has 104 valence electrons. The molecule has 0 radical (unpaired) electrons. The average molecular weight is 286 g/mol. The van der Waals surface area contributed by atoms with Crippen molar-refractivity contribution in [1.29, 1.82) is 0 Å². The van der Waals surface area contributed by atoms with Gasteiger partial charge in [-0.3, -0.25) is 14.4 Å². The lowest BCUT2D eigenvalue weighted by Gasteiger charge is -2.07. The summed E-state index contributed by atoms with van der Waals surface area (Å²) >= 11 is 0. The molecule has 0 atom stereocenters. The highest BCUT2D eigenvalue weighted by Crippen LogP contribution is 2.34. The van der Waals surface area contributed by atoms with E-state index in [1.807, 2.05) is 12.1 Å². The Kier molecular flexibility index (Phi) is 2.57. The van der Waals surface area contributed by atoms with E-state index in [1.54, 1.807) is 48.5 Å². The summed E-state index contributed by atoms with van der Waals surface area (Å²) in [6.45, 7) is 0. The van der Waals surface area contributed by atoms with Crippen molar-refractivity contribution in [1.82, 2.24) is 0 Å². The highest BCUT2D eigenvalue weighted by molar-refractivity contribution is 6.58. The molecule has 0 aromatic heterocycles. The van der Waals surface area contributed by atoms with Crippen LogP contribution < -0.4 is 0 Å². The van der Waals surface area contributed by atoms with Gasteiger partial charge >= 0.3 is 0 Å². The van der Waals surface area contributed by atoms with Crippen LogP contribution in [-0.4, -0.2) is 17.3 Å². The number of hydrogen-bond acceptors (Lipinski definition) is 3. The topological polar surface area (TPSA) is 51.2 Å². The third kappa shape index (κ3) is 1.59. The van der Waals surface area contributed by atoms with Gasteiger partial charge in [0.05, 0.1) is 0 Å². The van der Waals surface area contributed by atoms with E-state index in [9.17, 15) is 14.4 Å². The lowest BCUT2D eigenvalue weighted by atomic mass is 9.94. The number of hydrogen-bond donors (Lipinski definition) is 0. The van der Waals surface area contributed by atoms with Crippen LogP contribution in [0.3, 0.4) is 0 Å². The molecule has 0 bridgehead atoms. The normalized spacial score (nSPS) is 12.9. The maximum atomic E-state index is 12.7. The summed E-state index contributed by atoms with van der Waals surface area (Å²) in [5.41, 5.74) is 1.43. The predicted molar refractivity (Wildman–Crippen MR) is 82.5 cm³/mol. The first kappa shape index (κ1) is 12.7. The van der Waals surface area contributed by atoms with Gasteiger partial charge in [-0.15, -0.1) is 0 Å². The van der Waals surface area contributed by atoms with E-state index in [0.29, 0.717) is 22.1 Å². The second-order valence-electron chi connectivity index (χ2n) is 5.25. The Balaban J connectivity index is 2.03. The summed E-state index contributed by atoms with van der Waals surface area (Å²) in [5, 5.41) is 1.40. The molecule has 22 heavy (non-hydrogen) atoms. The molecule has 3 aromatic carbocycles. The van der Waals surface area contributed by atoms with Crippen LogP contribution in [0.15, 0.2) is 60.7 Å². The molecule has 0 fully saturated rings. The predicted octanol–water partition coefficient (Wildman–Crippen LogP) is 3.45. The molecular formula is C19H10O3. The van der Waals surface area contributed by atoms with Crippen LogP contribution in [0.25, 0.3) is 10.8 Å². The molecule has 0 aliphatic heterocycles. The first-order chi connectivity index (χ1) is 10.7. The lowest BCUT2D eigenvalue weighted by molar-refractivity contribution is 0.0824. The highest BCUT2D eigenvalue weighted by Gasteiger charge is 2.34. The summed E-state index contributed by atoms with van der Waals surface area (Å²) in [6, 6.07) is 17.4. The zero-order valence-electron chi connectivity index (χ0n) is 11.5. The van der Waals surface area contributed by atoms with E-state index in [4.69, 9.17) is 0 Å². The van der Waals surface area contributed by atoms with Gasteiger partial charge in [0.2, 0.25) is 11.6 Å². The van der Waals surface area contributed by atoms with Crippen molar-refractivity contribution in [3.63, 3.8) is 0 Å². The smallest absolute Gasteiger partial charge is 0.234 e. The Bertz CT molecular complexity index is 969. The standard InChI is InChI=1S/C19H10O3/c20-17(12-5-2-1-3-6-12)14-10-9-11-7-4-8-13-15(11)16(14)19(22)18(13)21/h1-10H. The van der Waals surface area contributed by atoms with E-state index < -0.39 is 11.6 Å². The second kappa shape index (κ2) is 4.46. The van der Waals surface area contributed by atoms with Gasteiger partial charge < -0.3 is 0 Å². The monoisotopic (exact) mass is 286 g/mol. The molecule has 0 N–H and O–H groups in total. The summed E-state index contributed by atoms with van der Waals surface area (Å²) < 4.78 is 0. The number of benzene rings is 3. The second-order valence-corrected chi connectivity index (χ2v) is 5.25. The quantitative estimate of drug-likeness (QED) is 0.535. The van der Waals surface area contributed by atoms with Crippen LogP contribution in [0, 0.1) is 0 Å². The maximum absolute atomic E-state index is 12.7. The van der Waals surface area contributed by atoms with Gasteiger partial charge in [-0.1, -0.05) is 54.6 Å². The molecule has 4 rings (SSSR count). The molecule has 0 saturated carbocycles. The van der Waals surface area contributed by atoms with E-state index in [1.165, 1.54) is 0 Å². The van der Waals surface area contributed by atoms with Crippen LogP contribution in [0.5, 0.6) is 0 Å². The van der Waals surface area contributed by atoms with Gasteiger partial charge in [-0.2, -0.15) is 0 Å². The van der Waals surface area contributed by atoms with Crippen LogP contribution in [-0.2, 0) is 0 Å². The molecule has 0 spiro atoms. The molecule has 0 saturated heterocycles. The van der Waals surface area contributed by atoms with Crippen LogP contribution in [0.4, 0.5) is 0 Å². The minimum absolute atomic E-state index is 0.240. The molecule has 0 unspecified atom stereocenters. The van der Waals surface area contributed by atoms with E-state index >= 15 is 0 Å². The average Bonchev–Trinajstić information content (AvgIpc) is 2.83. The van der Waals surface area contributed by atoms with Crippen molar-refractivity contribution >= 4 is 28.1 Å². The number of Topliss-reactive ketones (excluding diaryl/α,β-unsaturated/α-hetero) is 2. The van der Waals surface area contributed by atoms with Crippen molar-refractivity contribution in [2.24, 2.45) is 0 Å². The SMILES string of the molecule is O=C(c1ccccc1)c1ccc2cccc3c2c1C(=O)C3=O.